The Morgan fingerprint density at radius 2 is 1.58 bits per heavy atom. The molecule has 0 saturated carbocycles. The van der Waals surface area contributed by atoms with Gasteiger partial charge in [0.05, 0.1) is 21.9 Å². The molecule has 5 nitrogen and oxygen atoms in total. The molecule has 1 aromatic heterocycles. The molecule has 2 amide bonds. The Morgan fingerprint density at radius 1 is 0.875 bits per heavy atom. The second-order valence-corrected chi connectivity index (χ2v) is 5.76. The van der Waals surface area contributed by atoms with Gasteiger partial charge in [0.1, 0.15) is 0 Å². The van der Waals surface area contributed by atoms with Gasteiger partial charge in [0.15, 0.2) is 0 Å². The molecule has 3 rings (SSSR count). The molecule has 0 aliphatic carbocycles. The van der Waals surface area contributed by atoms with Crippen LogP contribution in [0.25, 0.3) is 10.9 Å². The fraction of sp³-hybridized carbons (Fsp3) is 0. The Labute approximate surface area is 147 Å². The van der Waals surface area contributed by atoms with Crippen molar-refractivity contribution in [2.24, 2.45) is 0 Å². The molecule has 0 saturated heterocycles. The van der Waals surface area contributed by atoms with Crippen molar-refractivity contribution in [1.29, 1.82) is 0 Å². The number of amides is 2. The molecule has 0 bridgehead atoms. The number of rotatable bonds is 2. The number of nitrogens with one attached hydrogen (secondary N) is 2. The first-order chi connectivity index (χ1) is 11.5. The van der Waals surface area contributed by atoms with Crippen molar-refractivity contribution in [3.8, 4) is 0 Å². The second kappa shape index (κ2) is 6.86. The van der Waals surface area contributed by atoms with Crippen molar-refractivity contribution in [3.63, 3.8) is 0 Å². The lowest BCUT2D eigenvalue weighted by molar-refractivity contribution is -0.132. The van der Waals surface area contributed by atoms with E-state index in [0.29, 0.717) is 21.9 Å². The lowest BCUT2D eigenvalue weighted by Crippen LogP contribution is -2.29. The van der Waals surface area contributed by atoms with Crippen LogP contribution in [0, 0.1) is 0 Å². The molecule has 24 heavy (non-hydrogen) atoms. The third kappa shape index (κ3) is 3.48. The normalized spacial score (nSPS) is 10.4. The van der Waals surface area contributed by atoms with Crippen LogP contribution < -0.4 is 10.6 Å². The number of nitrogens with zero attached hydrogens (tertiary/aromatic N) is 1. The monoisotopic (exact) mass is 359 g/mol. The van der Waals surface area contributed by atoms with Crippen LogP contribution in [0.3, 0.4) is 0 Å². The first-order valence-electron chi connectivity index (χ1n) is 6.96. The van der Waals surface area contributed by atoms with Crippen molar-refractivity contribution in [2.45, 2.75) is 0 Å². The summed E-state index contributed by atoms with van der Waals surface area (Å²) < 4.78 is 0. The molecule has 0 unspecified atom stereocenters. The van der Waals surface area contributed by atoms with Gasteiger partial charge < -0.3 is 10.6 Å². The zero-order valence-electron chi connectivity index (χ0n) is 12.2. The van der Waals surface area contributed by atoms with Crippen LogP contribution >= 0.6 is 23.2 Å². The molecular formula is C17H11Cl2N3O2. The number of hydrogen-bond donors (Lipinski definition) is 2. The zero-order chi connectivity index (χ0) is 17.1. The Kier molecular flexibility index (Phi) is 4.64. The highest BCUT2D eigenvalue weighted by atomic mass is 35.5. The van der Waals surface area contributed by atoms with Crippen LogP contribution in [0.2, 0.25) is 10.0 Å². The quantitative estimate of drug-likeness (QED) is 0.676. The smallest absolute Gasteiger partial charge is 0.314 e. The summed E-state index contributed by atoms with van der Waals surface area (Å²) in [4.78, 5) is 28.4. The van der Waals surface area contributed by atoms with E-state index in [1.165, 1.54) is 12.1 Å². The summed E-state index contributed by atoms with van der Waals surface area (Å²) in [6.07, 6.45) is 1.62. The van der Waals surface area contributed by atoms with Crippen molar-refractivity contribution in [1.82, 2.24) is 4.98 Å². The predicted molar refractivity (Wildman–Crippen MR) is 95.5 cm³/mol. The van der Waals surface area contributed by atoms with E-state index in [1.54, 1.807) is 30.5 Å². The Bertz CT molecular complexity index is 939. The molecule has 7 heteroatoms. The maximum absolute atomic E-state index is 12.1. The third-order valence-electron chi connectivity index (χ3n) is 3.27. The molecule has 0 radical (unpaired) electrons. The van der Waals surface area contributed by atoms with Crippen LogP contribution in [0.15, 0.2) is 54.7 Å². The van der Waals surface area contributed by atoms with Crippen molar-refractivity contribution < 1.29 is 9.59 Å². The van der Waals surface area contributed by atoms with Gasteiger partial charge in [-0.3, -0.25) is 14.6 Å². The fourth-order valence-corrected chi connectivity index (χ4v) is 2.61. The molecule has 3 aromatic rings. The number of anilines is 2. The molecule has 0 spiro atoms. The van der Waals surface area contributed by atoms with E-state index in [-0.39, 0.29) is 5.02 Å². The van der Waals surface area contributed by atoms with E-state index >= 15 is 0 Å². The van der Waals surface area contributed by atoms with E-state index in [0.717, 1.165) is 5.39 Å². The predicted octanol–water partition coefficient (Wildman–Crippen LogP) is 4.12. The van der Waals surface area contributed by atoms with Gasteiger partial charge >= 0.3 is 11.8 Å². The van der Waals surface area contributed by atoms with Gasteiger partial charge in [-0.1, -0.05) is 41.4 Å². The number of halogens is 2. The average Bonchev–Trinajstić information content (AvgIpc) is 2.57. The maximum Gasteiger partial charge on any atom is 0.314 e. The number of para-hydroxylation sites is 1. The molecule has 1 heterocycles. The number of benzene rings is 2. The van der Waals surface area contributed by atoms with Gasteiger partial charge in [0, 0.05) is 16.6 Å². The largest absolute Gasteiger partial charge is 0.316 e. The molecule has 0 atom stereocenters. The maximum atomic E-state index is 12.1. The van der Waals surface area contributed by atoms with E-state index < -0.39 is 11.8 Å². The van der Waals surface area contributed by atoms with Crippen molar-refractivity contribution >= 4 is 57.3 Å². The minimum Gasteiger partial charge on any atom is -0.316 e. The fourth-order valence-electron chi connectivity index (χ4n) is 2.15. The molecule has 120 valence electrons. The summed E-state index contributed by atoms with van der Waals surface area (Å²) in [5, 5.41) is 6.53. The molecule has 2 N–H and O–H groups in total. The Hall–Kier alpha value is -2.63. The molecule has 0 fully saturated rings. The molecule has 2 aromatic carbocycles. The Balaban J connectivity index is 1.77. The van der Waals surface area contributed by atoms with Gasteiger partial charge in [0.25, 0.3) is 0 Å². The summed E-state index contributed by atoms with van der Waals surface area (Å²) in [6.45, 7) is 0. The van der Waals surface area contributed by atoms with E-state index in [2.05, 4.69) is 15.6 Å². The van der Waals surface area contributed by atoms with E-state index in [4.69, 9.17) is 23.2 Å². The van der Waals surface area contributed by atoms with Crippen molar-refractivity contribution in [2.75, 3.05) is 10.6 Å². The standard InChI is InChI=1S/C17H11Cl2N3O2/c18-11-6-7-13(12(19)9-11)21-16(23)17(24)22-14-5-1-3-10-4-2-8-20-15(10)14/h1-9H,(H,21,23)(H,22,24). The molecular weight excluding hydrogens is 349 g/mol. The van der Waals surface area contributed by atoms with Gasteiger partial charge in [-0.05, 0) is 30.3 Å². The van der Waals surface area contributed by atoms with Crippen LogP contribution in [-0.2, 0) is 9.59 Å². The van der Waals surface area contributed by atoms with E-state index in [1.807, 2.05) is 12.1 Å². The summed E-state index contributed by atoms with van der Waals surface area (Å²) in [7, 11) is 0. The second-order valence-electron chi connectivity index (χ2n) is 4.91. The molecule has 0 aliphatic rings. The van der Waals surface area contributed by atoms with Crippen molar-refractivity contribution in [3.05, 3.63) is 64.8 Å². The highest BCUT2D eigenvalue weighted by Crippen LogP contribution is 2.25. The molecule has 0 aliphatic heterocycles. The summed E-state index contributed by atoms with van der Waals surface area (Å²) in [5.74, 6) is -1.66. The minimum absolute atomic E-state index is 0.246. The number of carbonyl (C=O) groups excluding carboxylic acids is 2. The highest BCUT2D eigenvalue weighted by molar-refractivity contribution is 6.45. The summed E-state index contributed by atoms with van der Waals surface area (Å²) >= 11 is 11.8. The summed E-state index contributed by atoms with van der Waals surface area (Å²) in [6, 6.07) is 13.5. The number of pyridine rings is 1. The SMILES string of the molecule is O=C(Nc1ccc(Cl)cc1Cl)C(=O)Nc1cccc2cccnc12. The third-order valence-corrected chi connectivity index (χ3v) is 3.81. The lowest BCUT2D eigenvalue weighted by atomic mass is 10.2. The van der Waals surface area contributed by atoms with E-state index in [9.17, 15) is 9.59 Å². The van der Waals surface area contributed by atoms with Gasteiger partial charge in [-0.15, -0.1) is 0 Å². The van der Waals surface area contributed by atoms with Gasteiger partial charge in [-0.25, -0.2) is 0 Å². The Morgan fingerprint density at radius 3 is 2.33 bits per heavy atom. The lowest BCUT2D eigenvalue weighted by Gasteiger charge is -2.09. The first-order valence-corrected chi connectivity index (χ1v) is 7.71. The highest BCUT2D eigenvalue weighted by Gasteiger charge is 2.16. The summed E-state index contributed by atoms with van der Waals surface area (Å²) in [5.41, 5.74) is 1.36. The van der Waals surface area contributed by atoms with Gasteiger partial charge in [-0.2, -0.15) is 0 Å². The number of fused-ring (bicyclic) bond motifs is 1. The van der Waals surface area contributed by atoms with Crippen LogP contribution in [0.4, 0.5) is 11.4 Å². The average molecular weight is 360 g/mol. The van der Waals surface area contributed by atoms with Crippen LogP contribution in [0.1, 0.15) is 0 Å². The number of aromatic nitrogens is 1. The minimum atomic E-state index is -0.841. The first kappa shape index (κ1) is 16.2. The van der Waals surface area contributed by atoms with Crippen LogP contribution in [-0.4, -0.2) is 16.8 Å². The number of hydrogen-bond acceptors (Lipinski definition) is 3. The number of carbonyl (C=O) groups is 2. The zero-order valence-corrected chi connectivity index (χ0v) is 13.7. The topological polar surface area (TPSA) is 71.1 Å². The van der Waals surface area contributed by atoms with Gasteiger partial charge in [0.2, 0.25) is 0 Å². The van der Waals surface area contributed by atoms with Crippen LogP contribution in [0.5, 0.6) is 0 Å².